The van der Waals surface area contributed by atoms with Crippen LogP contribution in [0, 0.1) is 0 Å². The SMILES string of the molecule is O=C(Cc1cccc2ccccc12)N1CCCCC1CN1CCCC1. The van der Waals surface area contributed by atoms with Crippen LogP contribution in [-0.4, -0.2) is 47.9 Å². The number of piperidine rings is 1. The molecule has 132 valence electrons. The van der Waals surface area contributed by atoms with Crippen molar-refractivity contribution in [2.45, 2.75) is 44.6 Å². The molecule has 0 saturated carbocycles. The summed E-state index contributed by atoms with van der Waals surface area (Å²) in [7, 11) is 0. The van der Waals surface area contributed by atoms with E-state index in [0.717, 1.165) is 31.5 Å². The van der Waals surface area contributed by atoms with Crippen molar-refractivity contribution >= 4 is 16.7 Å². The molecule has 0 aromatic heterocycles. The number of fused-ring (bicyclic) bond motifs is 1. The van der Waals surface area contributed by atoms with Gasteiger partial charge in [-0.05, 0) is 61.5 Å². The molecule has 2 aliphatic rings. The Morgan fingerprint density at radius 3 is 2.56 bits per heavy atom. The lowest BCUT2D eigenvalue weighted by atomic mass is 9.98. The lowest BCUT2D eigenvalue weighted by Gasteiger charge is -2.38. The van der Waals surface area contributed by atoms with Crippen molar-refractivity contribution in [2.75, 3.05) is 26.2 Å². The van der Waals surface area contributed by atoms with Gasteiger partial charge in [0.2, 0.25) is 5.91 Å². The average molecular weight is 336 g/mol. The molecule has 3 heteroatoms. The highest BCUT2D eigenvalue weighted by Gasteiger charge is 2.29. The van der Waals surface area contributed by atoms with Crippen LogP contribution >= 0.6 is 0 Å². The number of hydrogen-bond donors (Lipinski definition) is 0. The molecule has 2 heterocycles. The first-order valence-corrected chi connectivity index (χ1v) is 9.80. The van der Waals surface area contributed by atoms with Crippen LogP contribution in [0.4, 0.5) is 0 Å². The Kier molecular flexibility index (Phi) is 5.02. The molecule has 0 aliphatic carbocycles. The second kappa shape index (κ2) is 7.57. The fourth-order valence-electron chi connectivity index (χ4n) is 4.49. The monoisotopic (exact) mass is 336 g/mol. The smallest absolute Gasteiger partial charge is 0.227 e. The van der Waals surface area contributed by atoms with Crippen LogP contribution in [0.25, 0.3) is 10.8 Å². The van der Waals surface area contributed by atoms with Crippen LogP contribution in [0.5, 0.6) is 0 Å². The first kappa shape index (κ1) is 16.6. The van der Waals surface area contributed by atoms with Crippen molar-refractivity contribution in [3.8, 4) is 0 Å². The molecule has 2 fully saturated rings. The zero-order valence-corrected chi connectivity index (χ0v) is 15.0. The van der Waals surface area contributed by atoms with Crippen molar-refractivity contribution in [2.24, 2.45) is 0 Å². The van der Waals surface area contributed by atoms with Gasteiger partial charge in [-0.3, -0.25) is 4.79 Å². The summed E-state index contributed by atoms with van der Waals surface area (Å²) >= 11 is 0. The average Bonchev–Trinajstić information content (AvgIpc) is 3.15. The van der Waals surface area contributed by atoms with Crippen LogP contribution in [-0.2, 0) is 11.2 Å². The Morgan fingerprint density at radius 1 is 0.920 bits per heavy atom. The first-order valence-electron chi connectivity index (χ1n) is 9.80. The van der Waals surface area contributed by atoms with Crippen molar-refractivity contribution in [1.29, 1.82) is 0 Å². The number of rotatable bonds is 4. The highest BCUT2D eigenvalue weighted by Crippen LogP contribution is 2.23. The molecule has 4 rings (SSSR count). The molecule has 2 aliphatic heterocycles. The van der Waals surface area contributed by atoms with E-state index in [0.29, 0.717) is 18.4 Å². The summed E-state index contributed by atoms with van der Waals surface area (Å²) in [5, 5.41) is 2.44. The minimum absolute atomic E-state index is 0.306. The predicted octanol–water partition coefficient (Wildman–Crippen LogP) is 3.86. The maximum atomic E-state index is 13.1. The van der Waals surface area contributed by atoms with E-state index >= 15 is 0 Å². The van der Waals surface area contributed by atoms with E-state index in [9.17, 15) is 4.79 Å². The summed E-state index contributed by atoms with van der Waals surface area (Å²) in [6.45, 7) is 4.42. The van der Waals surface area contributed by atoms with Crippen LogP contribution < -0.4 is 0 Å². The molecule has 0 spiro atoms. The van der Waals surface area contributed by atoms with E-state index in [1.165, 1.54) is 43.1 Å². The number of hydrogen-bond acceptors (Lipinski definition) is 2. The van der Waals surface area contributed by atoms with Crippen molar-refractivity contribution in [3.05, 3.63) is 48.0 Å². The summed E-state index contributed by atoms with van der Waals surface area (Å²) in [5.74, 6) is 0.306. The van der Waals surface area contributed by atoms with E-state index in [1.807, 2.05) is 0 Å². The van der Waals surface area contributed by atoms with E-state index in [2.05, 4.69) is 52.3 Å². The Labute approximate surface area is 150 Å². The maximum absolute atomic E-state index is 13.1. The van der Waals surface area contributed by atoms with Crippen LogP contribution in [0.2, 0.25) is 0 Å². The Morgan fingerprint density at radius 2 is 1.68 bits per heavy atom. The molecule has 2 aromatic carbocycles. The number of likely N-dealkylation sites (tertiary alicyclic amines) is 2. The fourth-order valence-corrected chi connectivity index (χ4v) is 4.49. The third-order valence-corrected chi connectivity index (χ3v) is 5.84. The molecule has 3 nitrogen and oxygen atoms in total. The molecule has 1 unspecified atom stereocenters. The lowest BCUT2D eigenvalue weighted by molar-refractivity contribution is -0.134. The van der Waals surface area contributed by atoms with Gasteiger partial charge < -0.3 is 9.80 Å². The largest absolute Gasteiger partial charge is 0.338 e. The van der Waals surface area contributed by atoms with E-state index in [4.69, 9.17) is 0 Å². The molecular weight excluding hydrogens is 308 g/mol. The minimum Gasteiger partial charge on any atom is -0.338 e. The van der Waals surface area contributed by atoms with E-state index in [-0.39, 0.29) is 0 Å². The molecule has 1 amide bonds. The maximum Gasteiger partial charge on any atom is 0.227 e. The van der Waals surface area contributed by atoms with Gasteiger partial charge >= 0.3 is 0 Å². The van der Waals surface area contributed by atoms with Crippen molar-refractivity contribution in [3.63, 3.8) is 0 Å². The summed E-state index contributed by atoms with van der Waals surface area (Å²) in [4.78, 5) is 17.8. The second-order valence-corrected chi connectivity index (χ2v) is 7.56. The molecule has 2 aromatic rings. The lowest BCUT2D eigenvalue weighted by Crippen LogP contribution is -2.49. The molecule has 25 heavy (non-hydrogen) atoms. The van der Waals surface area contributed by atoms with Crippen molar-refractivity contribution in [1.82, 2.24) is 9.80 Å². The quantitative estimate of drug-likeness (QED) is 0.846. The highest BCUT2D eigenvalue weighted by molar-refractivity contribution is 5.90. The number of nitrogens with zero attached hydrogens (tertiary/aromatic N) is 2. The van der Waals surface area contributed by atoms with Gasteiger partial charge in [-0.2, -0.15) is 0 Å². The molecule has 0 bridgehead atoms. The zero-order valence-electron chi connectivity index (χ0n) is 15.0. The first-order chi connectivity index (χ1) is 12.3. The molecule has 2 saturated heterocycles. The normalized spacial score (nSPS) is 21.8. The summed E-state index contributed by atoms with van der Waals surface area (Å²) in [6, 6.07) is 15.1. The van der Waals surface area contributed by atoms with E-state index < -0.39 is 0 Å². The topological polar surface area (TPSA) is 23.6 Å². The molecule has 0 radical (unpaired) electrons. The number of benzene rings is 2. The second-order valence-electron chi connectivity index (χ2n) is 7.56. The van der Waals surface area contributed by atoms with Gasteiger partial charge in [0.1, 0.15) is 0 Å². The third kappa shape index (κ3) is 3.72. The van der Waals surface area contributed by atoms with Crippen LogP contribution in [0.3, 0.4) is 0 Å². The number of carbonyl (C=O) groups excluding carboxylic acids is 1. The predicted molar refractivity (Wildman–Crippen MR) is 103 cm³/mol. The van der Waals surface area contributed by atoms with Gasteiger partial charge in [0.25, 0.3) is 0 Å². The number of carbonyl (C=O) groups is 1. The fraction of sp³-hybridized carbons (Fsp3) is 0.500. The summed E-state index contributed by atoms with van der Waals surface area (Å²) in [5.41, 5.74) is 1.16. The van der Waals surface area contributed by atoms with Gasteiger partial charge in [-0.1, -0.05) is 42.5 Å². The Balaban J connectivity index is 1.49. The molecule has 1 atom stereocenters. The van der Waals surface area contributed by atoms with Crippen molar-refractivity contribution < 1.29 is 4.79 Å². The van der Waals surface area contributed by atoms with E-state index in [1.54, 1.807) is 0 Å². The van der Waals surface area contributed by atoms with Gasteiger partial charge in [0.05, 0.1) is 6.42 Å². The molecule has 0 N–H and O–H groups in total. The van der Waals surface area contributed by atoms with Gasteiger partial charge in [-0.15, -0.1) is 0 Å². The minimum atomic E-state index is 0.306. The molecular formula is C22H28N2O. The van der Waals surface area contributed by atoms with Crippen LogP contribution in [0.1, 0.15) is 37.7 Å². The zero-order chi connectivity index (χ0) is 17.1. The Bertz CT molecular complexity index is 730. The van der Waals surface area contributed by atoms with Crippen LogP contribution in [0.15, 0.2) is 42.5 Å². The van der Waals surface area contributed by atoms with Gasteiger partial charge in [0.15, 0.2) is 0 Å². The summed E-state index contributed by atoms with van der Waals surface area (Å²) < 4.78 is 0. The standard InChI is InChI=1S/C22H28N2O/c25-22(16-19-10-7-9-18-8-1-2-12-21(18)19)24-15-4-3-11-20(24)17-23-13-5-6-14-23/h1-2,7-10,12,20H,3-6,11,13-17H2. The van der Waals surface area contributed by atoms with Gasteiger partial charge in [-0.25, -0.2) is 0 Å². The highest BCUT2D eigenvalue weighted by atomic mass is 16.2. The Hall–Kier alpha value is -1.87. The van der Waals surface area contributed by atoms with Gasteiger partial charge in [0, 0.05) is 19.1 Å². The number of amides is 1. The third-order valence-electron chi connectivity index (χ3n) is 5.84. The summed E-state index contributed by atoms with van der Waals surface area (Å²) in [6.07, 6.45) is 6.73.